The first-order valence-corrected chi connectivity index (χ1v) is 11.5. The maximum Gasteiger partial charge on any atom is 0.354 e. The van der Waals surface area contributed by atoms with E-state index in [0.29, 0.717) is 23.6 Å². The molecule has 2 aromatic carbocycles. The average molecular weight is 456 g/mol. The monoisotopic (exact) mass is 455 g/mol. The minimum atomic E-state index is -0.415. The number of esters is 1. The van der Waals surface area contributed by atoms with Crippen LogP contribution in [0, 0.1) is 6.92 Å². The Labute approximate surface area is 195 Å². The van der Waals surface area contributed by atoms with Crippen LogP contribution in [0.1, 0.15) is 34.2 Å². The number of aromatic nitrogens is 2. The van der Waals surface area contributed by atoms with Gasteiger partial charge in [0.15, 0.2) is 0 Å². The minimum absolute atomic E-state index is 0.183. The lowest BCUT2D eigenvalue weighted by molar-refractivity contribution is -0.110. The Morgan fingerprint density at radius 2 is 1.94 bits per heavy atom. The van der Waals surface area contributed by atoms with Gasteiger partial charge in [-0.15, -0.1) is 11.3 Å². The van der Waals surface area contributed by atoms with Crippen molar-refractivity contribution in [3.05, 3.63) is 82.5 Å². The zero-order chi connectivity index (χ0) is 22.9. The lowest BCUT2D eigenvalue weighted by atomic mass is 10.0. The van der Waals surface area contributed by atoms with Crippen LogP contribution in [0.5, 0.6) is 0 Å². The first-order chi connectivity index (χ1) is 16.0. The van der Waals surface area contributed by atoms with E-state index in [-0.39, 0.29) is 5.91 Å². The molecule has 1 amide bonds. The Morgan fingerprint density at radius 3 is 2.73 bits per heavy atom. The Bertz CT molecular complexity index is 1400. The molecule has 7 heteroatoms. The number of fused-ring (bicyclic) bond motifs is 1. The molecule has 33 heavy (non-hydrogen) atoms. The molecule has 0 spiro atoms. The summed E-state index contributed by atoms with van der Waals surface area (Å²) in [6.07, 6.45) is 1.78. The molecule has 0 fully saturated rings. The number of aryl methyl sites for hydroxylation is 1. The van der Waals surface area contributed by atoms with E-state index < -0.39 is 5.97 Å². The standard InChI is InChI=1S/C26H21N3O3S/c1-3-32-26(31)22-11-15(2)21(27-22)13-19-18-12-17(9-10-20(18)28-24(19)30)23-14-33-25(29-23)16-7-5-4-6-8-16/h4-14,27H,3H2,1-2H3,(H,28,30). The van der Waals surface area contributed by atoms with Crippen LogP contribution in [0.4, 0.5) is 5.69 Å². The number of ether oxygens (including phenoxy) is 1. The van der Waals surface area contributed by atoms with Gasteiger partial charge in [-0.25, -0.2) is 9.78 Å². The summed E-state index contributed by atoms with van der Waals surface area (Å²) in [4.78, 5) is 32.7. The molecule has 0 saturated heterocycles. The highest BCUT2D eigenvalue weighted by atomic mass is 32.1. The molecule has 0 bridgehead atoms. The van der Waals surface area contributed by atoms with E-state index in [1.165, 1.54) is 0 Å². The van der Waals surface area contributed by atoms with Crippen molar-refractivity contribution >= 4 is 40.5 Å². The van der Waals surface area contributed by atoms with Gasteiger partial charge < -0.3 is 15.0 Å². The minimum Gasteiger partial charge on any atom is -0.461 e. The maximum absolute atomic E-state index is 12.7. The summed E-state index contributed by atoms with van der Waals surface area (Å²) in [5.41, 5.74) is 6.88. The van der Waals surface area contributed by atoms with Crippen LogP contribution in [0.25, 0.3) is 33.5 Å². The summed E-state index contributed by atoms with van der Waals surface area (Å²) in [7, 11) is 0. The molecule has 0 unspecified atom stereocenters. The fourth-order valence-corrected chi connectivity index (χ4v) is 4.63. The molecule has 2 N–H and O–H groups in total. The maximum atomic E-state index is 12.7. The zero-order valence-electron chi connectivity index (χ0n) is 18.1. The van der Waals surface area contributed by atoms with Crippen molar-refractivity contribution in [3.8, 4) is 21.8 Å². The normalized spacial score (nSPS) is 13.8. The van der Waals surface area contributed by atoms with Crippen molar-refractivity contribution in [1.82, 2.24) is 9.97 Å². The molecule has 5 rings (SSSR count). The first-order valence-electron chi connectivity index (χ1n) is 10.6. The Hall–Kier alpha value is -3.97. The molecule has 0 radical (unpaired) electrons. The van der Waals surface area contributed by atoms with E-state index in [2.05, 4.69) is 10.3 Å². The molecule has 4 aromatic rings. The third-order valence-corrected chi connectivity index (χ3v) is 6.35. The number of rotatable bonds is 5. The lowest BCUT2D eigenvalue weighted by Gasteiger charge is -2.03. The summed E-state index contributed by atoms with van der Waals surface area (Å²) in [6.45, 7) is 3.95. The SMILES string of the molecule is CCOC(=O)c1cc(C)c(C=C2C(=O)Nc3ccc(-c4csc(-c5ccccc5)n4)cc32)[nH]1. The Kier molecular flexibility index (Phi) is 5.40. The number of hydrogen-bond acceptors (Lipinski definition) is 5. The van der Waals surface area contributed by atoms with E-state index >= 15 is 0 Å². The van der Waals surface area contributed by atoms with Crippen molar-refractivity contribution in [2.24, 2.45) is 0 Å². The number of thiazole rings is 1. The van der Waals surface area contributed by atoms with Crippen molar-refractivity contribution in [2.75, 3.05) is 11.9 Å². The van der Waals surface area contributed by atoms with Gasteiger partial charge in [-0.3, -0.25) is 4.79 Å². The summed E-state index contributed by atoms with van der Waals surface area (Å²) in [6, 6.07) is 17.6. The summed E-state index contributed by atoms with van der Waals surface area (Å²) < 4.78 is 5.07. The number of carbonyl (C=O) groups excluding carboxylic acids is 2. The van der Waals surface area contributed by atoms with Crippen molar-refractivity contribution < 1.29 is 14.3 Å². The van der Waals surface area contributed by atoms with Crippen LogP contribution in [0.2, 0.25) is 0 Å². The van der Waals surface area contributed by atoms with Gasteiger partial charge in [0.2, 0.25) is 0 Å². The fourth-order valence-electron chi connectivity index (χ4n) is 3.80. The number of benzene rings is 2. The van der Waals surface area contributed by atoms with Gasteiger partial charge in [-0.1, -0.05) is 36.4 Å². The summed E-state index contributed by atoms with van der Waals surface area (Å²) >= 11 is 1.59. The van der Waals surface area contributed by atoms with Crippen LogP contribution in [0.3, 0.4) is 0 Å². The van der Waals surface area contributed by atoms with Gasteiger partial charge in [0, 0.05) is 33.5 Å². The van der Waals surface area contributed by atoms with E-state index in [1.807, 2.05) is 60.8 Å². The van der Waals surface area contributed by atoms with Gasteiger partial charge in [0.1, 0.15) is 10.7 Å². The van der Waals surface area contributed by atoms with Gasteiger partial charge in [-0.05, 0) is 43.7 Å². The summed E-state index contributed by atoms with van der Waals surface area (Å²) in [5, 5.41) is 5.89. The van der Waals surface area contributed by atoms with E-state index in [0.717, 1.165) is 38.6 Å². The quantitative estimate of drug-likeness (QED) is 0.295. The van der Waals surface area contributed by atoms with Gasteiger partial charge in [0.05, 0.1) is 17.9 Å². The third kappa shape index (κ3) is 3.99. The van der Waals surface area contributed by atoms with E-state index in [4.69, 9.17) is 9.72 Å². The number of nitrogens with one attached hydrogen (secondary N) is 2. The first kappa shape index (κ1) is 20.9. The molecule has 1 aliphatic heterocycles. The fraction of sp³-hybridized carbons (Fsp3) is 0.115. The van der Waals surface area contributed by atoms with Gasteiger partial charge in [0.25, 0.3) is 5.91 Å². The number of anilines is 1. The number of aromatic amines is 1. The highest BCUT2D eigenvalue weighted by Gasteiger charge is 2.25. The third-order valence-electron chi connectivity index (χ3n) is 5.46. The van der Waals surface area contributed by atoms with Crippen molar-refractivity contribution in [2.45, 2.75) is 13.8 Å². The van der Waals surface area contributed by atoms with Crippen molar-refractivity contribution in [1.29, 1.82) is 0 Å². The second-order valence-corrected chi connectivity index (χ2v) is 8.53. The lowest BCUT2D eigenvalue weighted by Crippen LogP contribution is -2.05. The van der Waals surface area contributed by atoms with Crippen LogP contribution in [-0.2, 0) is 9.53 Å². The molecule has 0 saturated carbocycles. The molecule has 164 valence electrons. The van der Waals surface area contributed by atoms with E-state index in [1.54, 1.807) is 30.4 Å². The second-order valence-electron chi connectivity index (χ2n) is 7.68. The van der Waals surface area contributed by atoms with Crippen molar-refractivity contribution in [3.63, 3.8) is 0 Å². The average Bonchev–Trinajstić information content (AvgIpc) is 3.53. The number of nitrogens with zero attached hydrogens (tertiary/aromatic N) is 1. The van der Waals surface area contributed by atoms with Crippen LogP contribution >= 0.6 is 11.3 Å². The molecular formula is C26H21N3O3S. The zero-order valence-corrected chi connectivity index (χ0v) is 19.0. The van der Waals surface area contributed by atoms with E-state index in [9.17, 15) is 9.59 Å². The van der Waals surface area contributed by atoms with Gasteiger partial charge in [-0.2, -0.15) is 0 Å². The number of hydrogen-bond donors (Lipinski definition) is 2. The largest absolute Gasteiger partial charge is 0.461 e. The Morgan fingerprint density at radius 1 is 1.12 bits per heavy atom. The Balaban J connectivity index is 1.50. The predicted molar refractivity (Wildman–Crippen MR) is 131 cm³/mol. The number of carbonyl (C=O) groups is 2. The molecule has 1 aliphatic rings. The highest BCUT2D eigenvalue weighted by Crippen LogP contribution is 2.37. The molecule has 0 atom stereocenters. The molecule has 6 nitrogen and oxygen atoms in total. The molecule has 3 heterocycles. The van der Waals surface area contributed by atoms with Crippen LogP contribution in [-0.4, -0.2) is 28.5 Å². The molecular weight excluding hydrogens is 434 g/mol. The predicted octanol–water partition coefficient (Wildman–Crippen LogP) is 5.78. The summed E-state index contributed by atoms with van der Waals surface area (Å²) in [5.74, 6) is -0.598. The topological polar surface area (TPSA) is 84.1 Å². The molecule has 0 aliphatic carbocycles. The van der Waals surface area contributed by atoms with Crippen LogP contribution in [0.15, 0.2) is 60.0 Å². The van der Waals surface area contributed by atoms with Crippen LogP contribution < -0.4 is 5.32 Å². The number of amides is 1. The molecule has 2 aromatic heterocycles. The smallest absolute Gasteiger partial charge is 0.354 e. The highest BCUT2D eigenvalue weighted by molar-refractivity contribution is 7.13. The number of H-pyrrole nitrogens is 1. The second kappa shape index (κ2) is 8.52. The van der Waals surface area contributed by atoms with Gasteiger partial charge >= 0.3 is 5.97 Å².